The van der Waals surface area contributed by atoms with Gasteiger partial charge in [0.1, 0.15) is 5.82 Å². The van der Waals surface area contributed by atoms with Crippen LogP contribution in [0.2, 0.25) is 0 Å². The molecule has 1 aromatic heterocycles. The van der Waals surface area contributed by atoms with Crippen molar-refractivity contribution in [2.45, 2.75) is 37.6 Å². The molecule has 5 nitrogen and oxygen atoms in total. The van der Waals surface area contributed by atoms with Gasteiger partial charge in [0.25, 0.3) is 0 Å². The van der Waals surface area contributed by atoms with Gasteiger partial charge in [-0.2, -0.15) is 4.37 Å². The van der Waals surface area contributed by atoms with E-state index in [0.29, 0.717) is 12.0 Å². The minimum atomic E-state index is 0.505. The molecule has 106 valence electrons. The first kappa shape index (κ1) is 13.3. The topological polar surface area (TPSA) is 50.3 Å². The number of hydrogen-bond acceptors (Lipinski definition) is 6. The molecule has 0 radical (unpaired) electrons. The van der Waals surface area contributed by atoms with Crippen molar-refractivity contribution in [1.29, 1.82) is 0 Å². The molecule has 2 aliphatic rings. The predicted molar refractivity (Wildman–Crippen MR) is 76.8 cm³/mol. The highest BCUT2D eigenvalue weighted by Gasteiger charge is 2.28. The van der Waals surface area contributed by atoms with Crippen molar-refractivity contribution >= 4 is 16.7 Å². The lowest BCUT2D eigenvalue weighted by atomic mass is 10.1. The smallest absolute Gasteiger partial charge is 0.202 e. The van der Waals surface area contributed by atoms with Crippen LogP contribution in [0.1, 0.15) is 37.4 Å². The Morgan fingerprint density at radius 3 is 3.11 bits per heavy atom. The summed E-state index contributed by atoms with van der Waals surface area (Å²) in [5.41, 5.74) is 0. The third-order valence-corrected chi connectivity index (χ3v) is 4.49. The third kappa shape index (κ3) is 3.64. The minimum Gasteiger partial charge on any atom is -0.383 e. The van der Waals surface area contributed by atoms with Crippen LogP contribution >= 0.6 is 11.5 Å². The minimum absolute atomic E-state index is 0.505. The molecule has 1 aliphatic heterocycles. The fourth-order valence-electron chi connectivity index (χ4n) is 2.57. The van der Waals surface area contributed by atoms with Crippen LogP contribution in [0.15, 0.2) is 0 Å². The van der Waals surface area contributed by atoms with E-state index in [4.69, 9.17) is 4.74 Å². The number of ether oxygens (including phenoxy) is 1. The molecular formula is C13H22N4OS. The van der Waals surface area contributed by atoms with Crippen molar-refractivity contribution in [1.82, 2.24) is 14.3 Å². The fourth-order valence-corrected chi connectivity index (χ4v) is 3.30. The van der Waals surface area contributed by atoms with E-state index >= 15 is 0 Å². The van der Waals surface area contributed by atoms with Gasteiger partial charge in [-0.1, -0.05) is 0 Å². The van der Waals surface area contributed by atoms with Gasteiger partial charge in [0.2, 0.25) is 5.13 Å². The highest BCUT2D eigenvalue weighted by molar-refractivity contribution is 7.09. The lowest BCUT2D eigenvalue weighted by Crippen LogP contribution is -2.43. The number of aromatic nitrogens is 2. The SMILES string of the molecule is COCCN1CCC[C@@H](Nc2nc(C3CC3)ns2)C1. The summed E-state index contributed by atoms with van der Waals surface area (Å²) in [5.74, 6) is 1.70. The number of methoxy groups -OCH3 is 1. The Labute approximate surface area is 118 Å². The van der Waals surface area contributed by atoms with E-state index in [0.717, 1.165) is 30.7 Å². The second-order valence-corrected chi connectivity index (χ2v) is 6.26. The molecule has 2 heterocycles. The van der Waals surface area contributed by atoms with Crippen molar-refractivity contribution in [3.63, 3.8) is 0 Å². The van der Waals surface area contributed by atoms with E-state index in [-0.39, 0.29) is 0 Å². The summed E-state index contributed by atoms with van der Waals surface area (Å²) >= 11 is 1.52. The van der Waals surface area contributed by atoms with Crippen molar-refractivity contribution in [2.24, 2.45) is 0 Å². The Bertz CT molecular complexity index is 407. The summed E-state index contributed by atoms with van der Waals surface area (Å²) < 4.78 is 9.60. The first-order valence-electron chi connectivity index (χ1n) is 7.16. The normalized spacial score (nSPS) is 24.6. The number of hydrogen-bond donors (Lipinski definition) is 1. The van der Waals surface area contributed by atoms with Crippen molar-refractivity contribution in [3.8, 4) is 0 Å². The number of piperidine rings is 1. The summed E-state index contributed by atoms with van der Waals surface area (Å²) in [7, 11) is 1.76. The Hall–Kier alpha value is -0.720. The van der Waals surface area contributed by atoms with Gasteiger partial charge in [-0.05, 0) is 32.2 Å². The number of rotatable bonds is 6. The molecule has 19 heavy (non-hydrogen) atoms. The average Bonchev–Trinajstić information content (AvgIpc) is 3.18. The van der Waals surface area contributed by atoms with Crippen molar-refractivity contribution < 1.29 is 4.74 Å². The number of likely N-dealkylation sites (tertiary alicyclic amines) is 1. The molecule has 6 heteroatoms. The predicted octanol–water partition coefficient (Wildman–Crippen LogP) is 1.94. The van der Waals surface area contributed by atoms with Crippen molar-refractivity contribution in [3.05, 3.63) is 5.82 Å². The van der Waals surface area contributed by atoms with Crippen LogP contribution in [-0.4, -0.2) is 53.7 Å². The monoisotopic (exact) mass is 282 g/mol. The Morgan fingerprint density at radius 2 is 2.32 bits per heavy atom. The maximum Gasteiger partial charge on any atom is 0.202 e. The molecule has 0 amide bonds. The molecule has 3 rings (SSSR count). The van der Waals surface area contributed by atoms with Gasteiger partial charge in [0.05, 0.1) is 6.61 Å². The molecule has 0 aromatic carbocycles. The maximum atomic E-state index is 5.15. The van der Waals surface area contributed by atoms with E-state index in [1.54, 1.807) is 7.11 Å². The lowest BCUT2D eigenvalue weighted by molar-refractivity contribution is 0.131. The van der Waals surface area contributed by atoms with Gasteiger partial charge in [-0.3, -0.25) is 4.90 Å². The second-order valence-electron chi connectivity index (χ2n) is 5.51. The van der Waals surface area contributed by atoms with Gasteiger partial charge in [0.15, 0.2) is 0 Å². The molecule has 0 unspecified atom stereocenters. The zero-order valence-electron chi connectivity index (χ0n) is 11.5. The highest BCUT2D eigenvalue weighted by atomic mass is 32.1. The van der Waals surface area contributed by atoms with E-state index in [2.05, 4.69) is 19.6 Å². The largest absolute Gasteiger partial charge is 0.383 e. The van der Waals surface area contributed by atoms with Crippen LogP contribution in [0.5, 0.6) is 0 Å². The van der Waals surface area contributed by atoms with E-state index in [1.165, 1.54) is 43.8 Å². The van der Waals surface area contributed by atoms with Crippen LogP contribution in [-0.2, 0) is 4.74 Å². The summed E-state index contributed by atoms with van der Waals surface area (Å²) in [4.78, 5) is 7.07. The van der Waals surface area contributed by atoms with Gasteiger partial charge in [-0.25, -0.2) is 4.98 Å². The second kappa shape index (κ2) is 6.15. The van der Waals surface area contributed by atoms with Gasteiger partial charge in [0, 0.05) is 43.7 Å². The molecule has 0 spiro atoms. The molecule has 1 aromatic rings. The summed E-state index contributed by atoms with van der Waals surface area (Å²) in [6.45, 7) is 4.11. The molecule has 1 saturated heterocycles. The van der Waals surface area contributed by atoms with Gasteiger partial charge >= 0.3 is 0 Å². The summed E-state index contributed by atoms with van der Waals surface area (Å²) in [6, 6.07) is 0.505. The molecule has 1 atom stereocenters. The van der Waals surface area contributed by atoms with Crippen molar-refractivity contribution in [2.75, 3.05) is 38.7 Å². The lowest BCUT2D eigenvalue weighted by Gasteiger charge is -2.32. The third-order valence-electron chi connectivity index (χ3n) is 3.83. The number of nitrogens with zero attached hydrogens (tertiary/aromatic N) is 3. The summed E-state index contributed by atoms with van der Waals surface area (Å²) in [5, 5.41) is 4.55. The summed E-state index contributed by atoms with van der Waals surface area (Å²) in [6.07, 6.45) is 5.01. The van der Waals surface area contributed by atoms with Crippen LogP contribution in [0.4, 0.5) is 5.13 Å². The molecule has 0 bridgehead atoms. The number of anilines is 1. The van der Waals surface area contributed by atoms with Crippen LogP contribution in [0.3, 0.4) is 0 Å². The van der Waals surface area contributed by atoms with E-state index in [9.17, 15) is 0 Å². The molecule has 1 N–H and O–H groups in total. The quantitative estimate of drug-likeness (QED) is 0.864. The molecule has 1 aliphatic carbocycles. The van der Waals surface area contributed by atoms with Gasteiger partial charge in [-0.15, -0.1) is 0 Å². The molecule has 1 saturated carbocycles. The fraction of sp³-hybridized carbons (Fsp3) is 0.846. The molecule has 2 fully saturated rings. The first-order chi connectivity index (χ1) is 9.35. The zero-order chi connectivity index (χ0) is 13.1. The average molecular weight is 282 g/mol. The number of nitrogens with one attached hydrogen (secondary N) is 1. The van der Waals surface area contributed by atoms with Gasteiger partial charge < -0.3 is 10.1 Å². The Balaban J connectivity index is 1.50. The standard InChI is InChI=1S/C13H22N4OS/c1-18-8-7-17-6-2-3-11(9-17)14-13-15-12(16-19-13)10-4-5-10/h10-11H,2-9H2,1H3,(H,14,15,16)/t11-/m1/s1. The van der Waals surface area contributed by atoms with Crippen LogP contribution in [0, 0.1) is 0 Å². The van der Waals surface area contributed by atoms with Crippen LogP contribution in [0.25, 0.3) is 0 Å². The van der Waals surface area contributed by atoms with E-state index in [1.807, 2.05) is 0 Å². The Kier molecular flexibility index (Phi) is 4.30. The Morgan fingerprint density at radius 1 is 1.42 bits per heavy atom. The maximum absolute atomic E-state index is 5.15. The van der Waals surface area contributed by atoms with Crippen LogP contribution < -0.4 is 5.32 Å². The highest BCUT2D eigenvalue weighted by Crippen LogP contribution is 2.39. The zero-order valence-corrected chi connectivity index (χ0v) is 12.3. The first-order valence-corrected chi connectivity index (χ1v) is 7.94. The van der Waals surface area contributed by atoms with E-state index < -0.39 is 0 Å². The molecular weight excluding hydrogens is 260 g/mol.